The summed E-state index contributed by atoms with van der Waals surface area (Å²) in [4.78, 5) is 28.2. The van der Waals surface area contributed by atoms with Crippen molar-refractivity contribution in [3.05, 3.63) is 17.0 Å². The van der Waals surface area contributed by atoms with Gasteiger partial charge in [0.2, 0.25) is 5.91 Å². The van der Waals surface area contributed by atoms with Crippen LogP contribution in [0.1, 0.15) is 41.5 Å². The Morgan fingerprint density at radius 1 is 1.23 bits per heavy atom. The lowest BCUT2D eigenvalue weighted by Crippen LogP contribution is -2.48. The molecule has 0 spiro atoms. The van der Waals surface area contributed by atoms with Crippen molar-refractivity contribution in [3.8, 4) is 0 Å². The topological polar surface area (TPSA) is 84.5 Å². The zero-order chi connectivity index (χ0) is 15.9. The summed E-state index contributed by atoms with van der Waals surface area (Å²) in [5, 5.41) is 4.23. The monoisotopic (exact) mass is 305 g/mol. The van der Waals surface area contributed by atoms with E-state index in [0.29, 0.717) is 12.2 Å². The molecule has 2 amide bonds. The molecule has 120 valence electrons. The van der Waals surface area contributed by atoms with Gasteiger partial charge in [-0.3, -0.25) is 19.2 Å². The van der Waals surface area contributed by atoms with E-state index in [-0.39, 0.29) is 11.9 Å². The first-order chi connectivity index (χ1) is 10.5. The Balaban J connectivity index is 1.78. The van der Waals surface area contributed by atoms with Crippen molar-refractivity contribution in [2.45, 2.75) is 38.8 Å². The highest BCUT2D eigenvalue weighted by molar-refractivity contribution is 5.92. The molecule has 0 bridgehead atoms. The minimum Gasteiger partial charge on any atom is -0.364 e. The van der Waals surface area contributed by atoms with E-state index in [1.807, 2.05) is 18.9 Å². The number of hydrogen-bond donors (Lipinski definition) is 1. The number of likely N-dealkylation sites (tertiary alicyclic amines) is 1. The second-order valence-electron chi connectivity index (χ2n) is 6.19. The predicted molar refractivity (Wildman–Crippen MR) is 81.1 cm³/mol. The minimum absolute atomic E-state index is 0.174. The van der Waals surface area contributed by atoms with Crippen LogP contribution in [0.15, 0.2) is 0 Å². The molecule has 2 aliphatic heterocycles. The molecule has 2 N–H and O–H groups in total. The van der Waals surface area contributed by atoms with Crippen LogP contribution in [0.4, 0.5) is 0 Å². The molecular weight excluding hydrogens is 282 g/mol. The van der Waals surface area contributed by atoms with Crippen molar-refractivity contribution in [1.29, 1.82) is 0 Å². The molecular formula is C15H23N5O2. The van der Waals surface area contributed by atoms with Gasteiger partial charge in [0.1, 0.15) is 0 Å². The number of aryl methyl sites for hydroxylation is 1. The van der Waals surface area contributed by atoms with E-state index in [0.717, 1.165) is 50.2 Å². The van der Waals surface area contributed by atoms with E-state index in [9.17, 15) is 9.59 Å². The van der Waals surface area contributed by atoms with E-state index in [1.165, 1.54) is 0 Å². The summed E-state index contributed by atoms with van der Waals surface area (Å²) in [5.74, 6) is -0.317. The first-order valence-electron chi connectivity index (χ1n) is 7.86. The molecule has 7 heteroatoms. The van der Waals surface area contributed by atoms with Crippen LogP contribution in [0.25, 0.3) is 0 Å². The molecule has 3 heterocycles. The van der Waals surface area contributed by atoms with Crippen LogP contribution in [0, 0.1) is 0 Å². The highest BCUT2D eigenvalue weighted by Gasteiger charge is 2.33. The lowest BCUT2D eigenvalue weighted by atomic mass is 10.0. The molecule has 0 aromatic carbocycles. The van der Waals surface area contributed by atoms with Crippen molar-refractivity contribution >= 4 is 11.8 Å². The first-order valence-corrected chi connectivity index (χ1v) is 7.86. The summed E-state index contributed by atoms with van der Waals surface area (Å²) in [5.41, 5.74) is 7.68. The zero-order valence-corrected chi connectivity index (χ0v) is 13.2. The average molecular weight is 305 g/mol. The largest absolute Gasteiger partial charge is 0.364 e. The van der Waals surface area contributed by atoms with Crippen LogP contribution in [0.3, 0.4) is 0 Å². The Labute approximate surface area is 130 Å². The van der Waals surface area contributed by atoms with E-state index >= 15 is 0 Å². The van der Waals surface area contributed by atoms with Gasteiger partial charge in [0.05, 0.1) is 6.04 Å². The molecule has 1 aromatic heterocycles. The maximum atomic E-state index is 12.6. The van der Waals surface area contributed by atoms with E-state index in [2.05, 4.69) is 10.00 Å². The molecule has 2 aliphatic rings. The molecule has 0 aliphatic carbocycles. The van der Waals surface area contributed by atoms with Gasteiger partial charge in [-0.15, -0.1) is 0 Å². The van der Waals surface area contributed by atoms with Crippen LogP contribution in [0.5, 0.6) is 0 Å². The number of rotatable bonds is 3. The standard InChI is InChI=1S/C15H23N5O2/c1-10(15(22)19-6-3-4-7-19)20-8-5-12-11(9-20)13(14(16)21)17-18(12)2/h10H,3-9H2,1-2H3,(H2,16,21)/t10-/m1/s1. The number of aromatic nitrogens is 2. The fraction of sp³-hybridized carbons (Fsp3) is 0.667. The Morgan fingerprint density at radius 3 is 2.55 bits per heavy atom. The van der Waals surface area contributed by atoms with Crippen LogP contribution in [0.2, 0.25) is 0 Å². The lowest BCUT2D eigenvalue weighted by molar-refractivity contribution is -0.135. The smallest absolute Gasteiger partial charge is 0.269 e. The van der Waals surface area contributed by atoms with Crippen molar-refractivity contribution in [1.82, 2.24) is 19.6 Å². The van der Waals surface area contributed by atoms with Gasteiger partial charge in [-0.25, -0.2) is 0 Å². The summed E-state index contributed by atoms with van der Waals surface area (Å²) in [7, 11) is 1.83. The summed E-state index contributed by atoms with van der Waals surface area (Å²) in [6.07, 6.45) is 2.97. The summed E-state index contributed by atoms with van der Waals surface area (Å²) >= 11 is 0. The SMILES string of the molecule is C[C@H](C(=O)N1CCCC1)N1CCc2c(c(C(N)=O)nn2C)C1. The molecule has 0 unspecified atom stereocenters. The number of fused-ring (bicyclic) bond motifs is 1. The highest BCUT2D eigenvalue weighted by atomic mass is 16.2. The number of carbonyl (C=O) groups excluding carboxylic acids is 2. The average Bonchev–Trinajstić information content (AvgIpc) is 3.14. The third-order valence-corrected chi connectivity index (χ3v) is 4.83. The predicted octanol–water partition coefficient (Wildman–Crippen LogP) is -0.112. The van der Waals surface area contributed by atoms with Crippen LogP contribution in [-0.2, 0) is 24.8 Å². The molecule has 22 heavy (non-hydrogen) atoms. The van der Waals surface area contributed by atoms with Crippen LogP contribution < -0.4 is 5.73 Å². The third kappa shape index (κ3) is 2.49. The maximum Gasteiger partial charge on any atom is 0.269 e. The normalized spacial score (nSPS) is 20.0. The van der Waals surface area contributed by atoms with Crippen molar-refractivity contribution in [3.63, 3.8) is 0 Å². The quantitative estimate of drug-likeness (QED) is 0.844. The van der Waals surface area contributed by atoms with Crippen LogP contribution >= 0.6 is 0 Å². The Hall–Kier alpha value is -1.89. The molecule has 0 saturated carbocycles. The summed E-state index contributed by atoms with van der Waals surface area (Å²) in [6, 6.07) is -0.174. The number of nitrogens with two attached hydrogens (primary N) is 1. The minimum atomic E-state index is -0.503. The number of hydrogen-bond acceptors (Lipinski definition) is 4. The maximum absolute atomic E-state index is 12.6. The van der Waals surface area contributed by atoms with Gasteiger partial charge < -0.3 is 10.6 Å². The first kappa shape index (κ1) is 15.0. The van der Waals surface area contributed by atoms with Gasteiger partial charge in [0.15, 0.2) is 5.69 Å². The number of nitrogens with zero attached hydrogens (tertiary/aromatic N) is 4. The molecule has 1 aromatic rings. The van der Waals surface area contributed by atoms with Gasteiger partial charge in [-0.05, 0) is 19.8 Å². The molecule has 1 fully saturated rings. The molecule has 0 radical (unpaired) electrons. The van der Waals surface area contributed by atoms with Crippen LogP contribution in [-0.4, -0.2) is 57.1 Å². The fourth-order valence-electron chi connectivity index (χ4n) is 3.50. The van der Waals surface area contributed by atoms with E-state index < -0.39 is 5.91 Å². The van der Waals surface area contributed by atoms with Crippen molar-refractivity contribution in [2.24, 2.45) is 12.8 Å². The second kappa shape index (κ2) is 5.72. The van der Waals surface area contributed by atoms with Gasteiger partial charge >= 0.3 is 0 Å². The van der Waals surface area contributed by atoms with Crippen molar-refractivity contribution in [2.75, 3.05) is 19.6 Å². The fourth-order valence-corrected chi connectivity index (χ4v) is 3.50. The number of carbonyl (C=O) groups is 2. The van der Waals surface area contributed by atoms with Crippen molar-refractivity contribution < 1.29 is 9.59 Å². The Morgan fingerprint density at radius 2 is 1.91 bits per heavy atom. The van der Waals surface area contributed by atoms with Gasteiger partial charge in [-0.1, -0.05) is 0 Å². The lowest BCUT2D eigenvalue weighted by Gasteiger charge is -2.33. The van der Waals surface area contributed by atoms with Gasteiger partial charge in [0, 0.05) is 50.9 Å². The third-order valence-electron chi connectivity index (χ3n) is 4.83. The summed E-state index contributed by atoms with van der Waals surface area (Å²) < 4.78 is 1.74. The molecule has 1 atom stereocenters. The van der Waals surface area contributed by atoms with Gasteiger partial charge in [-0.2, -0.15) is 5.10 Å². The second-order valence-corrected chi connectivity index (χ2v) is 6.19. The van der Waals surface area contributed by atoms with E-state index in [1.54, 1.807) is 4.68 Å². The number of primary amides is 1. The molecule has 1 saturated heterocycles. The number of amides is 2. The molecule has 3 rings (SSSR count). The Kier molecular flexibility index (Phi) is 3.90. The highest BCUT2D eigenvalue weighted by Crippen LogP contribution is 2.24. The molecule has 7 nitrogen and oxygen atoms in total. The van der Waals surface area contributed by atoms with E-state index in [4.69, 9.17) is 5.73 Å². The van der Waals surface area contributed by atoms with Gasteiger partial charge in [0.25, 0.3) is 5.91 Å². The zero-order valence-electron chi connectivity index (χ0n) is 13.2. The summed E-state index contributed by atoms with van der Waals surface area (Å²) in [6.45, 7) is 5.03. The Bertz CT molecular complexity index is 603.